The van der Waals surface area contributed by atoms with E-state index in [1.54, 1.807) is 13.1 Å². The molecule has 2 aromatic heterocycles. The van der Waals surface area contributed by atoms with Crippen LogP contribution in [0.5, 0.6) is 0 Å². The number of pyridine rings is 1. The second-order valence-electron chi connectivity index (χ2n) is 4.58. The number of carbonyl (C=O) groups is 1. The van der Waals surface area contributed by atoms with Crippen molar-refractivity contribution in [3.8, 4) is 0 Å². The van der Waals surface area contributed by atoms with E-state index in [-0.39, 0.29) is 5.56 Å². The molecule has 21 heavy (non-hydrogen) atoms. The molecule has 6 heteroatoms. The van der Waals surface area contributed by atoms with Crippen molar-refractivity contribution in [1.29, 1.82) is 0 Å². The van der Waals surface area contributed by atoms with Crippen LogP contribution in [0, 0.1) is 6.92 Å². The second kappa shape index (κ2) is 5.16. The first-order chi connectivity index (χ1) is 10.1. The van der Waals surface area contributed by atoms with Crippen LogP contribution < -0.4 is 11.1 Å². The van der Waals surface area contributed by atoms with E-state index in [1.165, 1.54) is 6.20 Å². The Labute approximate surface area is 121 Å². The van der Waals surface area contributed by atoms with Gasteiger partial charge in [-0.15, -0.1) is 0 Å². The summed E-state index contributed by atoms with van der Waals surface area (Å²) in [5, 5.41) is 4.10. The highest BCUT2D eigenvalue weighted by Crippen LogP contribution is 2.22. The lowest BCUT2D eigenvalue weighted by atomic mass is 10.2. The number of fused-ring (bicyclic) bond motifs is 1. The third kappa shape index (κ3) is 2.64. The number of nitrogens with one attached hydrogen (secondary N) is 1. The molecule has 0 bridgehead atoms. The van der Waals surface area contributed by atoms with E-state index in [2.05, 4.69) is 20.3 Å². The lowest BCUT2D eigenvalue weighted by molar-refractivity contribution is 0.100. The van der Waals surface area contributed by atoms with Crippen LogP contribution in [-0.4, -0.2) is 20.9 Å². The van der Waals surface area contributed by atoms with Gasteiger partial charge in [-0.2, -0.15) is 0 Å². The number of carbonyl (C=O) groups excluding carboxylic acids is 1. The molecule has 3 aromatic rings. The van der Waals surface area contributed by atoms with Gasteiger partial charge in [0.1, 0.15) is 17.2 Å². The maximum atomic E-state index is 11.4. The number of nitrogens with zero attached hydrogens (tertiary/aromatic N) is 3. The molecule has 2 heterocycles. The smallest absolute Gasteiger partial charge is 0.254 e. The molecule has 0 aliphatic carbocycles. The van der Waals surface area contributed by atoms with Gasteiger partial charge in [-0.25, -0.2) is 9.97 Å². The van der Waals surface area contributed by atoms with E-state index >= 15 is 0 Å². The summed E-state index contributed by atoms with van der Waals surface area (Å²) < 4.78 is 0. The highest BCUT2D eigenvalue weighted by Gasteiger charge is 2.11. The van der Waals surface area contributed by atoms with Gasteiger partial charge in [-0.05, 0) is 31.2 Å². The third-order valence-electron chi connectivity index (χ3n) is 3.04. The summed E-state index contributed by atoms with van der Waals surface area (Å²) in [6, 6.07) is 9.54. The molecule has 0 aliphatic rings. The number of hydrogen-bond acceptors (Lipinski definition) is 5. The van der Waals surface area contributed by atoms with Crippen LogP contribution in [0.15, 0.2) is 42.7 Å². The molecule has 0 atom stereocenters. The molecule has 3 N–H and O–H groups in total. The number of amides is 1. The Balaban J connectivity index is 2.02. The molecular formula is C15H13N5O. The molecule has 0 aliphatic heterocycles. The molecule has 0 fully saturated rings. The van der Waals surface area contributed by atoms with Crippen LogP contribution in [0.3, 0.4) is 0 Å². The molecular weight excluding hydrogens is 266 g/mol. The van der Waals surface area contributed by atoms with Crippen molar-refractivity contribution in [2.24, 2.45) is 5.73 Å². The monoisotopic (exact) mass is 279 g/mol. The number of nitrogens with two attached hydrogens (primary N) is 1. The van der Waals surface area contributed by atoms with E-state index in [1.807, 2.05) is 30.3 Å². The van der Waals surface area contributed by atoms with Gasteiger partial charge in [0.05, 0.1) is 5.52 Å². The average Bonchev–Trinajstić information content (AvgIpc) is 2.47. The number of aromatic nitrogens is 3. The summed E-state index contributed by atoms with van der Waals surface area (Å²) in [5.74, 6) is 0.392. The highest BCUT2D eigenvalue weighted by molar-refractivity contribution is 5.98. The Morgan fingerprint density at radius 2 is 2.10 bits per heavy atom. The van der Waals surface area contributed by atoms with Crippen LogP contribution in [0.1, 0.15) is 16.2 Å². The Kier molecular flexibility index (Phi) is 3.19. The number of anilines is 2. The standard InChI is InChI=1S/C15H13N5O/c1-9-18-8-12(14(16)21)15(19-9)20-11-4-5-13-10(7-11)3-2-6-17-13/h2-8H,1H3,(H2,16,21)(H,18,19,20). The number of aryl methyl sites for hydroxylation is 1. The average molecular weight is 279 g/mol. The van der Waals surface area contributed by atoms with Crippen LogP contribution in [0.2, 0.25) is 0 Å². The summed E-state index contributed by atoms with van der Waals surface area (Å²) in [6.07, 6.45) is 3.17. The van der Waals surface area contributed by atoms with Crippen molar-refractivity contribution >= 4 is 28.3 Å². The van der Waals surface area contributed by atoms with Gasteiger partial charge in [-0.3, -0.25) is 9.78 Å². The summed E-state index contributed by atoms with van der Waals surface area (Å²) in [4.78, 5) is 23.9. The molecule has 0 spiro atoms. The number of hydrogen-bond donors (Lipinski definition) is 2. The Bertz CT molecular complexity index is 831. The minimum Gasteiger partial charge on any atom is -0.365 e. The lowest BCUT2D eigenvalue weighted by Gasteiger charge is -2.10. The predicted octanol–water partition coefficient (Wildman–Crippen LogP) is 2.18. The zero-order chi connectivity index (χ0) is 14.8. The first-order valence-corrected chi connectivity index (χ1v) is 6.39. The summed E-state index contributed by atoms with van der Waals surface area (Å²) >= 11 is 0. The van der Waals surface area contributed by atoms with Crippen molar-refractivity contribution in [2.45, 2.75) is 6.92 Å². The molecule has 0 unspecified atom stereocenters. The molecule has 0 saturated carbocycles. The SMILES string of the molecule is Cc1ncc(C(N)=O)c(Nc2ccc3ncccc3c2)n1. The Morgan fingerprint density at radius 3 is 2.90 bits per heavy atom. The lowest BCUT2D eigenvalue weighted by Crippen LogP contribution is -2.15. The van der Waals surface area contributed by atoms with Gasteiger partial charge in [0, 0.05) is 23.5 Å². The van der Waals surface area contributed by atoms with E-state index < -0.39 is 5.91 Å². The number of primary amides is 1. The molecule has 104 valence electrons. The van der Waals surface area contributed by atoms with Crippen molar-refractivity contribution in [3.05, 3.63) is 54.1 Å². The van der Waals surface area contributed by atoms with Gasteiger partial charge in [0.15, 0.2) is 0 Å². The third-order valence-corrected chi connectivity index (χ3v) is 3.04. The Morgan fingerprint density at radius 1 is 1.24 bits per heavy atom. The Hall–Kier alpha value is -3.02. The van der Waals surface area contributed by atoms with Gasteiger partial charge >= 0.3 is 0 Å². The predicted molar refractivity (Wildman–Crippen MR) is 80.3 cm³/mol. The fraction of sp³-hybridized carbons (Fsp3) is 0.0667. The van der Waals surface area contributed by atoms with E-state index in [9.17, 15) is 4.79 Å². The van der Waals surface area contributed by atoms with Crippen LogP contribution in [0.25, 0.3) is 10.9 Å². The van der Waals surface area contributed by atoms with E-state index in [0.717, 1.165) is 16.6 Å². The molecule has 0 saturated heterocycles. The molecule has 1 aromatic carbocycles. The van der Waals surface area contributed by atoms with Gasteiger partial charge in [0.2, 0.25) is 0 Å². The van der Waals surface area contributed by atoms with Crippen LogP contribution in [-0.2, 0) is 0 Å². The second-order valence-corrected chi connectivity index (χ2v) is 4.58. The summed E-state index contributed by atoms with van der Waals surface area (Å²) in [5.41, 5.74) is 7.30. The normalized spacial score (nSPS) is 10.5. The van der Waals surface area contributed by atoms with Crippen molar-refractivity contribution in [2.75, 3.05) is 5.32 Å². The minimum absolute atomic E-state index is 0.256. The van der Waals surface area contributed by atoms with Crippen molar-refractivity contribution < 1.29 is 4.79 Å². The van der Waals surface area contributed by atoms with Crippen molar-refractivity contribution in [3.63, 3.8) is 0 Å². The fourth-order valence-electron chi connectivity index (χ4n) is 2.04. The van der Waals surface area contributed by atoms with Crippen LogP contribution in [0.4, 0.5) is 11.5 Å². The van der Waals surface area contributed by atoms with Gasteiger partial charge in [-0.1, -0.05) is 6.07 Å². The first-order valence-electron chi connectivity index (χ1n) is 6.39. The number of benzene rings is 1. The zero-order valence-electron chi connectivity index (χ0n) is 11.4. The summed E-state index contributed by atoms with van der Waals surface area (Å²) in [6.45, 7) is 1.75. The molecule has 0 radical (unpaired) electrons. The maximum Gasteiger partial charge on any atom is 0.254 e. The van der Waals surface area contributed by atoms with Crippen LogP contribution >= 0.6 is 0 Å². The molecule has 6 nitrogen and oxygen atoms in total. The van der Waals surface area contributed by atoms with E-state index in [4.69, 9.17) is 5.73 Å². The molecule has 3 rings (SSSR count). The maximum absolute atomic E-state index is 11.4. The van der Waals surface area contributed by atoms with Gasteiger partial charge in [0.25, 0.3) is 5.91 Å². The van der Waals surface area contributed by atoms with E-state index in [0.29, 0.717) is 11.6 Å². The highest BCUT2D eigenvalue weighted by atomic mass is 16.1. The van der Waals surface area contributed by atoms with Gasteiger partial charge < -0.3 is 11.1 Å². The zero-order valence-corrected chi connectivity index (χ0v) is 11.4. The first kappa shape index (κ1) is 13.0. The largest absolute Gasteiger partial charge is 0.365 e. The molecule has 1 amide bonds. The topological polar surface area (TPSA) is 93.8 Å². The quantitative estimate of drug-likeness (QED) is 0.766. The summed E-state index contributed by atoms with van der Waals surface area (Å²) in [7, 11) is 0. The van der Waals surface area contributed by atoms with Crippen molar-refractivity contribution in [1.82, 2.24) is 15.0 Å². The number of rotatable bonds is 3. The minimum atomic E-state index is -0.569. The fourth-order valence-corrected chi connectivity index (χ4v) is 2.04.